The third kappa shape index (κ3) is 4.67. The van der Waals surface area contributed by atoms with Crippen molar-refractivity contribution in [2.45, 2.75) is 4.90 Å². The number of anilines is 4. The van der Waals surface area contributed by atoms with E-state index in [2.05, 4.69) is 25.1 Å². The summed E-state index contributed by atoms with van der Waals surface area (Å²) in [6, 6.07) is 18.8. The Bertz CT molecular complexity index is 1230. The number of aromatic nitrogens is 4. The van der Waals surface area contributed by atoms with Gasteiger partial charge in [-0.2, -0.15) is 10.1 Å². The van der Waals surface area contributed by atoms with Crippen molar-refractivity contribution in [3.63, 3.8) is 0 Å². The van der Waals surface area contributed by atoms with E-state index in [0.717, 1.165) is 5.69 Å². The van der Waals surface area contributed by atoms with E-state index in [9.17, 15) is 8.42 Å². The second kappa shape index (κ2) is 8.80. The van der Waals surface area contributed by atoms with Gasteiger partial charge in [-0.1, -0.05) is 18.2 Å². The molecule has 0 unspecified atom stereocenters. The number of para-hydroxylation sites is 1. The molecule has 30 heavy (non-hydrogen) atoms. The maximum Gasteiger partial charge on any atom is 0.263 e. The van der Waals surface area contributed by atoms with Crippen molar-refractivity contribution in [1.82, 2.24) is 19.7 Å². The predicted octanol–water partition coefficient (Wildman–Crippen LogP) is 3.21. The Balaban J connectivity index is 0.00000256. The van der Waals surface area contributed by atoms with Crippen LogP contribution in [0.2, 0.25) is 0 Å². The Hall–Kier alpha value is -3.63. The summed E-state index contributed by atoms with van der Waals surface area (Å²) in [7, 11) is -3.79. The summed E-state index contributed by atoms with van der Waals surface area (Å²) < 4.78 is 29.7. The van der Waals surface area contributed by atoms with Crippen molar-refractivity contribution in [1.29, 1.82) is 0 Å². The highest BCUT2D eigenvalue weighted by Gasteiger charge is 2.17. The molecule has 0 atom stereocenters. The van der Waals surface area contributed by atoms with Gasteiger partial charge in [0, 0.05) is 18.0 Å². The zero-order valence-corrected chi connectivity index (χ0v) is 17.1. The van der Waals surface area contributed by atoms with Gasteiger partial charge in [-0.25, -0.2) is 18.1 Å². The number of nitrogens with zero attached hydrogens (tertiary/aromatic N) is 4. The van der Waals surface area contributed by atoms with Crippen LogP contribution in [0.25, 0.3) is 5.69 Å². The summed E-state index contributed by atoms with van der Waals surface area (Å²) in [5.41, 5.74) is 6.97. The molecule has 0 bridgehead atoms. The summed E-state index contributed by atoms with van der Waals surface area (Å²) >= 11 is 0. The van der Waals surface area contributed by atoms with Gasteiger partial charge < -0.3 is 11.1 Å². The molecule has 9 nitrogen and oxygen atoms in total. The molecule has 0 fully saturated rings. The number of hydrogen-bond donors (Lipinski definition) is 3. The van der Waals surface area contributed by atoms with Gasteiger partial charge in [-0.05, 0) is 42.5 Å². The Morgan fingerprint density at radius 2 is 1.63 bits per heavy atom. The van der Waals surface area contributed by atoms with E-state index in [4.69, 9.17) is 5.73 Å². The lowest BCUT2D eigenvalue weighted by Gasteiger charge is -2.11. The lowest BCUT2D eigenvalue weighted by atomic mass is 10.3. The van der Waals surface area contributed by atoms with E-state index in [1.54, 1.807) is 24.3 Å². The molecule has 4 N–H and O–H groups in total. The minimum absolute atomic E-state index is 0. The molecule has 2 aromatic heterocycles. The van der Waals surface area contributed by atoms with E-state index in [1.807, 2.05) is 30.3 Å². The molecular weight excluding hydrogens is 426 g/mol. The van der Waals surface area contributed by atoms with Crippen LogP contribution in [0.15, 0.2) is 84.0 Å². The van der Waals surface area contributed by atoms with Gasteiger partial charge in [0.05, 0.1) is 16.8 Å². The van der Waals surface area contributed by atoms with Crippen LogP contribution in [0.4, 0.5) is 23.3 Å². The largest absolute Gasteiger partial charge is 0.368 e. The zero-order valence-electron chi connectivity index (χ0n) is 15.5. The van der Waals surface area contributed by atoms with Gasteiger partial charge in [-0.3, -0.25) is 4.72 Å². The highest BCUT2D eigenvalue weighted by atomic mass is 35.5. The van der Waals surface area contributed by atoms with Crippen LogP contribution in [0.5, 0.6) is 0 Å². The molecule has 0 saturated carbocycles. The summed E-state index contributed by atoms with van der Waals surface area (Å²) in [4.78, 5) is 7.98. The van der Waals surface area contributed by atoms with Gasteiger partial charge in [0.25, 0.3) is 10.0 Å². The Kier molecular flexibility index (Phi) is 6.19. The Morgan fingerprint density at radius 1 is 0.900 bits per heavy atom. The Labute approximate surface area is 179 Å². The SMILES string of the molecule is Cl.Nc1nccc(Nc2ccc(S(=O)(=O)Nc3ccnn3-c3ccccc3)cc2)n1. The maximum absolute atomic E-state index is 12.8. The summed E-state index contributed by atoms with van der Waals surface area (Å²) in [6.45, 7) is 0. The molecule has 2 aromatic carbocycles. The number of nitrogen functional groups attached to an aromatic ring is 1. The average Bonchev–Trinajstić information content (AvgIpc) is 3.16. The number of nitrogens with one attached hydrogen (secondary N) is 2. The quantitative estimate of drug-likeness (QED) is 0.417. The average molecular weight is 444 g/mol. The molecule has 2 heterocycles. The van der Waals surface area contributed by atoms with Gasteiger partial charge in [0.1, 0.15) is 11.6 Å². The van der Waals surface area contributed by atoms with E-state index in [0.29, 0.717) is 17.3 Å². The van der Waals surface area contributed by atoms with Crippen molar-refractivity contribution in [3.8, 4) is 5.69 Å². The molecule has 0 amide bonds. The van der Waals surface area contributed by atoms with Crippen LogP contribution in [0, 0.1) is 0 Å². The fraction of sp³-hybridized carbons (Fsp3) is 0. The molecule has 0 aliphatic heterocycles. The molecule has 0 aliphatic rings. The fourth-order valence-electron chi connectivity index (χ4n) is 2.66. The van der Waals surface area contributed by atoms with Crippen molar-refractivity contribution in [3.05, 3.63) is 79.1 Å². The van der Waals surface area contributed by atoms with Gasteiger partial charge in [0.2, 0.25) is 5.95 Å². The third-order valence-corrected chi connectivity index (χ3v) is 5.36. The van der Waals surface area contributed by atoms with Crippen molar-refractivity contribution < 1.29 is 8.42 Å². The van der Waals surface area contributed by atoms with Crippen LogP contribution >= 0.6 is 12.4 Å². The zero-order chi connectivity index (χ0) is 20.3. The standard InChI is InChI=1S/C19H17N7O2S.ClH/c20-19-21-12-10-17(24-19)23-14-6-8-16(9-7-14)29(27,28)25-18-11-13-22-26(18)15-4-2-1-3-5-15;/h1-13,25H,(H3,20,21,23,24);1H. The predicted molar refractivity (Wildman–Crippen MR) is 118 cm³/mol. The van der Waals surface area contributed by atoms with Crippen LogP contribution in [-0.4, -0.2) is 28.2 Å². The fourth-order valence-corrected chi connectivity index (χ4v) is 3.70. The summed E-state index contributed by atoms with van der Waals surface area (Å²) in [5.74, 6) is 1.00. The first-order valence-electron chi connectivity index (χ1n) is 8.59. The number of sulfonamides is 1. The lowest BCUT2D eigenvalue weighted by Crippen LogP contribution is -2.16. The molecule has 154 valence electrons. The normalized spacial score (nSPS) is 10.8. The van der Waals surface area contributed by atoms with Crippen LogP contribution in [0.3, 0.4) is 0 Å². The van der Waals surface area contributed by atoms with Crippen molar-refractivity contribution >= 4 is 45.7 Å². The van der Waals surface area contributed by atoms with Crippen molar-refractivity contribution in [2.75, 3.05) is 15.8 Å². The third-order valence-electron chi connectivity index (χ3n) is 3.99. The molecular formula is C19H18ClN7O2S. The highest BCUT2D eigenvalue weighted by molar-refractivity contribution is 7.92. The van der Waals surface area contributed by atoms with E-state index < -0.39 is 10.0 Å². The van der Waals surface area contributed by atoms with E-state index in [-0.39, 0.29) is 23.3 Å². The molecule has 11 heteroatoms. The van der Waals surface area contributed by atoms with Crippen LogP contribution in [-0.2, 0) is 10.0 Å². The second-order valence-corrected chi connectivity index (χ2v) is 7.70. The molecule has 0 aliphatic carbocycles. The molecule has 0 saturated heterocycles. The monoisotopic (exact) mass is 443 g/mol. The first kappa shape index (κ1) is 21.1. The minimum atomic E-state index is -3.79. The van der Waals surface area contributed by atoms with Gasteiger partial charge in [-0.15, -0.1) is 12.4 Å². The number of halogens is 1. The van der Waals surface area contributed by atoms with E-state index in [1.165, 1.54) is 29.2 Å². The first-order chi connectivity index (χ1) is 14.0. The number of benzene rings is 2. The van der Waals surface area contributed by atoms with E-state index >= 15 is 0 Å². The molecule has 0 radical (unpaired) electrons. The highest BCUT2D eigenvalue weighted by Crippen LogP contribution is 2.21. The smallest absolute Gasteiger partial charge is 0.263 e. The Morgan fingerprint density at radius 3 is 2.33 bits per heavy atom. The topological polar surface area (TPSA) is 128 Å². The number of hydrogen-bond acceptors (Lipinski definition) is 7. The van der Waals surface area contributed by atoms with Crippen LogP contribution < -0.4 is 15.8 Å². The molecule has 4 aromatic rings. The second-order valence-electron chi connectivity index (χ2n) is 6.02. The first-order valence-corrected chi connectivity index (χ1v) is 10.1. The lowest BCUT2D eigenvalue weighted by molar-refractivity contribution is 0.600. The summed E-state index contributed by atoms with van der Waals surface area (Å²) in [5, 5.41) is 7.23. The molecule has 4 rings (SSSR count). The van der Waals surface area contributed by atoms with Crippen molar-refractivity contribution in [2.24, 2.45) is 0 Å². The van der Waals surface area contributed by atoms with Crippen LogP contribution in [0.1, 0.15) is 0 Å². The maximum atomic E-state index is 12.8. The molecule has 0 spiro atoms. The number of rotatable bonds is 6. The summed E-state index contributed by atoms with van der Waals surface area (Å²) in [6.07, 6.45) is 3.06. The van der Waals surface area contributed by atoms with Gasteiger partial charge >= 0.3 is 0 Å². The number of nitrogens with two attached hydrogens (primary N) is 1. The minimum Gasteiger partial charge on any atom is -0.368 e. The van der Waals surface area contributed by atoms with Gasteiger partial charge in [0.15, 0.2) is 0 Å².